The third kappa shape index (κ3) is 4.84. The summed E-state index contributed by atoms with van der Waals surface area (Å²) in [7, 11) is -3.80. The van der Waals surface area contributed by atoms with Gasteiger partial charge in [0.25, 0.3) is 15.9 Å². The van der Waals surface area contributed by atoms with E-state index >= 15 is 0 Å². The number of anilines is 1. The Morgan fingerprint density at radius 2 is 2.03 bits per heavy atom. The second-order valence-corrected chi connectivity index (χ2v) is 12.0. The van der Waals surface area contributed by atoms with Crippen molar-refractivity contribution in [3.8, 4) is 0 Å². The summed E-state index contributed by atoms with van der Waals surface area (Å²) >= 11 is 2.42. The normalized spacial score (nSPS) is 18.5. The first-order valence-corrected chi connectivity index (χ1v) is 14.0. The Morgan fingerprint density at radius 1 is 1.21 bits per heavy atom. The molecule has 9 nitrogen and oxygen atoms in total. The smallest absolute Gasteiger partial charge is 0.414 e. The number of hydrogen-bond acceptors (Lipinski definition) is 8. The second kappa shape index (κ2) is 9.92. The van der Waals surface area contributed by atoms with Crippen LogP contribution in [0.3, 0.4) is 0 Å². The van der Waals surface area contributed by atoms with Gasteiger partial charge in [-0.05, 0) is 56.0 Å². The van der Waals surface area contributed by atoms with Crippen LogP contribution in [0.5, 0.6) is 0 Å². The molecule has 33 heavy (non-hydrogen) atoms. The maximum atomic E-state index is 13.3. The molecule has 0 radical (unpaired) electrons. The molecule has 0 spiro atoms. The maximum absolute atomic E-state index is 13.3. The minimum absolute atomic E-state index is 0.126. The Bertz CT molecular complexity index is 1160. The highest BCUT2D eigenvalue weighted by molar-refractivity contribution is 7.91. The highest BCUT2D eigenvalue weighted by Crippen LogP contribution is 2.39. The number of rotatable bonds is 6. The number of aryl methyl sites for hydroxylation is 1. The topological polar surface area (TPSA) is 122 Å². The number of nitrogens with one attached hydrogen (secondary N) is 2. The molecular weight excluding hydrogens is 486 g/mol. The molecule has 0 aromatic carbocycles. The number of alkyl carbamates (subject to hydrolysis) is 1. The average Bonchev–Trinajstić information content (AvgIpc) is 3.51. The number of amides is 3. The van der Waals surface area contributed by atoms with Crippen LogP contribution < -0.4 is 10.6 Å². The molecular formula is C21H25N3O6S3. The van der Waals surface area contributed by atoms with Crippen molar-refractivity contribution in [2.75, 3.05) is 18.5 Å². The first-order chi connectivity index (χ1) is 15.8. The van der Waals surface area contributed by atoms with Gasteiger partial charge >= 0.3 is 6.09 Å². The molecule has 178 valence electrons. The van der Waals surface area contributed by atoms with Crippen molar-refractivity contribution in [1.29, 1.82) is 0 Å². The highest BCUT2D eigenvalue weighted by Gasteiger charge is 2.39. The van der Waals surface area contributed by atoms with E-state index in [2.05, 4.69) is 10.6 Å². The first kappa shape index (κ1) is 23.9. The second-order valence-electron chi connectivity index (χ2n) is 7.78. The van der Waals surface area contributed by atoms with Crippen LogP contribution in [0.4, 0.5) is 9.80 Å². The lowest BCUT2D eigenvalue weighted by Gasteiger charge is -2.33. The number of carbonyl (C=O) groups excluding carboxylic acids is 3. The maximum Gasteiger partial charge on any atom is 0.414 e. The lowest BCUT2D eigenvalue weighted by atomic mass is 10.0. The largest absolute Gasteiger partial charge is 0.450 e. The quantitative estimate of drug-likeness (QED) is 0.613. The van der Waals surface area contributed by atoms with Crippen molar-refractivity contribution in [1.82, 2.24) is 9.62 Å². The summed E-state index contributed by atoms with van der Waals surface area (Å²) < 4.78 is 32.5. The van der Waals surface area contributed by atoms with Crippen LogP contribution in [0.25, 0.3) is 0 Å². The minimum atomic E-state index is -3.80. The van der Waals surface area contributed by atoms with Crippen LogP contribution in [-0.2, 0) is 32.4 Å². The van der Waals surface area contributed by atoms with Crippen molar-refractivity contribution in [3.63, 3.8) is 0 Å². The fraction of sp³-hybridized carbons (Fsp3) is 0.476. The lowest BCUT2D eigenvalue weighted by molar-refractivity contribution is -0.120. The first-order valence-electron chi connectivity index (χ1n) is 10.8. The van der Waals surface area contributed by atoms with Crippen LogP contribution in [-0.4, -0.2) is 49.8 Å². The molecule has 2 N–H and O–H groups in total. The predicted molar refractivity (Wildman–Crippen MR) is 125 cm³/mol. The van der Waals surface area contributed by atoms with Gasteiger partial charge in [0.05, 0.1) is 12.2 Å². The Hall–Kier alpha value is -2.28. The minimum Gasteiger partial charge on any atom is -0.450 e. The number of carbonyl (C=O) groups is 3. The molecule has 0 saturated carbocycles. The Labute approximate surface area is 200 Å². The van der Waals surface area contributed by atoms with E-state index in [0.717, 1.165) is 41.0 Å². The molecule has 1 unspecified atom stereocenters. The van der Waals surface area contributed by atoms with Crippen LogP contribution in [0.15, 0.2) is 21.7 Å². The molecule has 4 rings (SSSR count). The van der Waals surface area contributed by atoms with Crippen molar-refractivity contribution < 1.29 is 27.5 Å². The van der Waals surface area contributed by atoms with Crippen molar-refractivity contribution in [2.45, 2.75) is 55.7 Å². The molecule has 2 aliphatic rings. The molecule has 1 aliphatic heterocycles. The molecule has 3 amide bonds. The van der Waals surface area contributed by atoms with Crippen molar-refractivity contribution >= 4 is 55.6 Å². The van der Waals surface area contributed by atoms with Crippen LogP contribution in [0.1, 0.15) is 53.4 Å². The van der Waals surface area contributed by atoms with E-state index in [1.165, 1.54) is 21.7 Å². The number of ether oxygens (including phenoxy) is 1. The Morgan fingerprint density at radius 3 is 2.76 bits per heavy atom. The lowest BCUT2D eigenvalue weighted by Crippen LogP contribution is -2.49. The number of piperidine rings is 1. The number of thiophene rings is 2. The summed E-state index contributed by atoms with van der Waals surface area (Å²) in [5.41, 5.74) is 1.08. The number of fused-ring (bicyclic) bond motifs is 1. The summed E-state index contributed by atoms with van der Waals surface area (Å²) in [5, 5.41) is 7.04. The SMILES string of the molecule is CCOC(=O)NC(=O)c1c(NC(=O)C2CCCCN2S(=O)(=O)c2cccs2)sc2c1CCC2. The Kier molecular flexibility index (Phi) is 7.17. The van der Waals surface area contributed by atoms with E-state index in [9.17, 15) is 22.8 Å². The predicted octanol–water partition coefficient (Wildman–Crippen LogP) is 3.37. The average molecular weight is 512 g/mol. The molecule has 1 fully saturated rings. The summed E-state index contributed by atoms with van der Waals surface area (Å²) in [5.74, 6) is -1.10. The van der Waals surface area contributed by atoms with E-state index in [4.69, 9.17) is 4.74 Å². The van der Waals surface area contributed by atoms with E-state index in [1.54, 1.807) is 18.4 Å². The van der Waals surface area contributed by atoms with Gasteiger partial charge in [-0.25, -0.2) is 13.2 Å². The molecule has 1 atom stereocenters. The molecule has 0 bridgehead atoms. The third-order valence-electron chi connectivity index (χ3n) is 5.69. The van der Waals surface area contributed by atoms with Gasteiger partial charge in [0, 0.05) is 11.4 Å². The molecule has 12 heteroatoms. The fourth-order valence-corrected chi connectivity index (χ4v) is 8.30. The van der Waals surface area contributed by atoms with E-state index in [0.29, 0.717) is 24.3 Å². The van der Waals surface area contributed by atoms with E-state index in [-0.39, 0.29) is 22.9 Å². The summed E-state index contributed by atoms with van der Waals surface area (Å²) in [6, 6.07) is 2.33. The van der Waals surface area contributed by atoms with Gasteiger partial charge in [0.1, 0.15) is 15.3 Å². The summed E-state index contributed by atoms with van der Waals surface area (Å²) in [6.45, 7) is 2.02. The zero-order valence-corrected chi connectivity index (χ0v) is 20.5. The Balaban J connectivity index is 1.59. The number of nitrogens with zero attached hydrogens (tertiary/aromatic N) is 1. The van der Waals surface area contributed by atoms with Gasteiger partial charge in [-0.3, -0.25) is 14.9 Å². The zero-order chi connectivity index (χ0) is 23.6. The van der Waals surface area contributed by atoms with Crippen LogP contribution in [0, 0.1) is 0 Å². The van der Waals surface area contributed by atoms with Crippen molar-refractivity contribution in [3.05, 3.63) is 33.5 Å². The molecule has 2 aromatic rings. The van der Waals surface area contributed by atoms with Gasteiger partial charge < -0.3 is 10.1 Å². The van der Waals surface area contributed by atoms with Gasteiger partial charge in [-0.2, -0.15) is 4.31 Å². The standard InChI is InChI=1S/C21H25N3O6S3/c1-2-30-21(27)23-19(26)17-13-7-5-9-15(13)32-20(17)22-18(25)14-8-3-4-11-24(14)33(28,29)16-10-6-12-31-16/h6,10,12,14H,2-5,7-9,11H2,1H3,(H,22,25)(H,23,26,27). The number of sulfonamides is 1. The van der Waals surface area contributed by atoms with Crippen molar-refractivity contribution in [2.24, 2.45) is 0 Å². The third-order valence-corrected chi connectivity index (χ3v) is 10.2. The molecule has 1 aliphatic carbocycles. The molecule has 3 heterocycles. The van der Waals surface area contributed by atoms with Gasteiger partial charge in [-0.1, -0.05) is 12.5 Å². The van der Waals surface area contributed by atoms with Crippen LogP contribution >= 0.6 is 22.7 Å². The highest BCUT2D eigenvalue weighted by atomic mass is 32.2. The summed E-state index contributed by atoms with van der Waals surface area (Å²) in [6.07, 6.45) is 3.31. The van der Waals surface area contributed by atoms with Gasteiger partial charge in [0.15, 0.2) is 0 Å². The zero-order valence-electron chi connectivity index (χ0n) is 18.1. The fourth-order valence-electron chi connectivity index (χ4n) is 4.23. The summed E-state index contributed by atoms with van der Waals surface area (Å²) in [4.78, 5) is 38.9. The monoisotopic (exact) mass is 511 g/mol. The number of hydrogen-bond donors (Lipinski definition) is 2. The number of imide groups is 1. The van der Waals surface area contributed by atoms with E-state index < -0.39 is 34.0 Å². The van der Waals surface area contributed by atoms with E-state index in [1.807, 2.05) is 0 Å². The van der Waals surface area contributed by atoms with Crippen LogP contribution in [0.2, 0.25) is 0 Å². The van der Waals surface area contributed by atoms with Gasteiger partial charge in [-0.15, -0.1) is 22.7 Å². The van der Waals surface area contributed by atoms with Gasteiger partial charge in [0.2, 0.25) is 5.91 Å². The molecule has 2 aromatic heterocycles. The molecule has 1 saturated heterocycles.